The summed E-state index contributed by atoms with van der Waals surface area (Å²) in [6, 6.07) is 12.5. The highest BCUT2D eigenvalue weighted by atomic mass is 32.2. The second-order valence-electron chi connectivity index (χ2n) is 6.00. The molecule has 6 nitrogen and oxygen atoms in total. The van der Waals surface area contributed by atoms with Crippen LogP contribution in [0.15, 0.2) is 42.5 Å². The molecule has 2 rings (SSSR count). The molecule has 0 heterocycles. The number of para-hydroxylation sites is 1. The molecule has 7 heteroatoms. The number of hydrogen-bond acceptors (Lipinski definition) is 4. The summed E-state index contributed by atoms with van der Waals surface area (Å²) in [7, 11) is -3.39. The van der Waals surface area contributed by atoms with Crippen LogP contribution in [-0.2, 0) is 14.8 Å². The topological polar surface area (TPSA) is 84.5 Å². The van der Waals surface area contributed by atoms with Gasteiger partial charge in [0.25, 0.3) is 5.91 Å². The van der Waals surface area contributed by atoms with E-state index in [4.69, 9.17) is 4.74 Å². The van der Waals surface area contributed by atoms with E-state index in [1.165, 1.54) is 0 Å². The molecule has 0 unspecified atom stereocenters. The van der Waals surface area contributed by atoms with Gasteiger partial charge >= 0.3 is 0 Å². The third kappa shape index (κ3) is 5.49. The summed E-state index contributed by atoms with van der Waals surface area (Å²) in [5.74, 6) is 0.387. The molecule has 0 aliphatic heterocycles. The highest BCUT2D eigenvalue weighted by molar-refractivity contribution is 7.92. The van der Waals surface area contributed by atoms with Gasteiger partial charge < -0.3 is 10.1 Å². The van der Waals surface area contributed by atoms with Gasteiger partial charge in [-0.05, 0) is 49.6 Å². The van der Waals surface area contributed by atoms with Crippen LogP contribution in [0.25, 0.3) is 0 Å². The van der Waals surface area contributed by atoms with Crippen molar-refractivity contribution in [1.29, 1.82) is 0 Å². The normalized spacial score (nSPS) is 11.0. The fourth-order valence-corrected chi connectivity index (χ4v) is 3.61. The minimum atomic E-state index is -3.39. The molecule has 26 heavy (non-hydrogen) atoms. The zero-order valence-corrected chi connectivity index (χ0v) is 16.0. The number of sulfonamides is 1. The molecule has 2 N–H and O–H groups in total. The molecule has 0 saturated heterocycles. The van der Waals surface area contributed by atoms with Gasteiger partial charge in [0.05, 0.1) is 11.4 Å². The Kier molecular flexibility index (Phi) is 6.63. The third-order valence-corrected chi connectivity index (χ3v) is 5.28. The van der Waals surface area contributed by atoms with Gasteiger partial charge in [0.1, 0.15) is 5.75 Å². The van der Waals surface area contributed by atoms with Crippen LogP contribution >= 0.6 is 0 Å². The van der Waals surface area contributed by atoms with Crippen LogP contribution in [0.4, 0.5) is 11.4 Å². The van der Waals surface area contributed by atoms with E-state index in [0.717, 1.165) is 5.56 Å². The molecule has 0 atom stereocenters. The Morgan fingerprint density at radius 3 is 2.42 bits per heavy atom. The predicted molar refractivity (Wildman–Crippen MR) is 104 cm³/mol. The van der Waals surface area contributed by atoms with E-state index in [1.807, 2.05) is 25.1 Å². The largest absolute Gasteiger partial charge is 0.483 e. The first-order chi connectivity index (χ1) is 12.3. The maximum atomic E-state index is 12.2. The first kappa shape index (κ1) is 19.8. The monoisotopic (exact) mass is 376 g/mol. The summed E-state index contributed by atoms with van der Waals surface area (Å²) in [6.45, 7) is 5.33. The van der Waals surface area contributed by atoms with Crippen molar-refractivity contribution in [1.82, 2.24) is 0 Å². The van der Waals surface area contributed by atoms with E-state index in [2.05, 4.69) is 10.0 Å². The fourth-order valence-electron chi connectivity index (χ4n) is 2.42. The maximum absolute atomic E-state index is 12.2. The summed E-state index contributed by atoms with van der Waals surface area (Å²) in [6.07, 6.45) is 0.529. The van der Waals surface area contributed by atoms with E-state index in [-0.39, 0.29) is 18.3 Å². The maximum Gasteiger partial charge on any atom is 0.262 e. The fraction of sp³-hybridized carbons (Fsp3) is 0.316. The lowest BCUT2D eigenvalue weighted by atomic mass is 10.1. The van der Waals surface area contributed by atoms with Gasteiger partial charge in [0.15, 0.2) is 6.61 Å². The van der Waals surface area contributed by atoms with Crippen LogP contribution in [0.5, 0.6) is 5.75 Å². The summed E-state index contributed by atoms with van der Waals surface area (Å²) >= 11 is 0. The zero-order chi connectivity index (χ0) is 19.2. The second kappa shape index (κ2) is 8.71. The van der Waals surface area contributed by atoms with Crippen molar-refractivity contribution in [3.8, 4) is 5.75 Å². The van der Waals surface area contributed by atoms with Gasteiger partial charge in [-0.2, -0.15) is 0 Å². The number of amides is 1. The molecule has 140 valence electrons. The Morgan fingerprint density at radius 2 is 1.73 bits per heavy atom. The molecule has 2 aromatic rings. The van der Waals surface area contributed by atoms with Gasteiger partial charge in [-0.15, -0.1) is 0 Å². The smallest absolute Gasteiger partial charge is 0.262 e. The molecule has 0 aliphatic rings. The number of carbonyl (C=O) groups excluding carboxylic acids is 1. The highest BCUT2D eigenvalue weighted by Gasteiger charge is 2.13. The van der Waals surface area contributed by atoms with Gasteiger partial charge in [0, 0.05) is 5.69 Å². The molecule has 0 radical (unpaired) electrons. The minimum Gasteiger partial charge on any atom is -0.483 e. The lowest BCUT2D eigenvalue weighted by Gasteiger charge is -2.15. The zero-order valence-electron chi connectivity index (χ0n) is 15.2. The number of benzene rings is 2. The van der Waals surface area contributed by atoms with Gasteiger partial charge in [0.2, 0.25) is 10.0 Å². The van der Waals surface area contributed by atoms with Crippen LogP contribution in [0.2, 0.25) is 0 Å². The molecule has 0 fully saturated rings. The van der Waals surface area contributed by atoms with Gasteiger partial charge in [-0.3, -0.25) is 9.52 Å². The Hall–Kier alpha value is -2.54. The van der Waals surface area contributed by atoms with Crippen molar-refractivity contribution in [2.24, 2.45) is 0 Å². The number of ether oxygens (including phenoxy) is 1. The Morgan fingerprint density at radius 1 is 1.04 bits per heavy atom. The SMILES string of the molecule is CCCS(=O)(=O)Nc1cccc(NC(=O)COc2ccccc2C)c1C. The van der Waals surface area contributed by atoms with E-state index in [0.29, 0.717) is 29.1 Å². The number of carbonyl (C=O) groups is 1. The first-order valence-electron chi connectivity index (χ1n) is 8.41. The average Bonchev–Trinajstić information content (AvgIpc) is 2.57. The van der Waals surface area contributed by atoms with Gasteiger partial charge in [-0.1, -0.05) is 31.2 Å². The first-order valence-corrected chi connectivity index (χ1v) is 10.1. The lowest BCUT2D eigenvalue weighted by molar-refractivity contribution is -0.118. The summed E-state index contributed by atoms with van der Waals surface area (Å²) in [5, 5.41) is 2.76. The molecule has 0 aliphatic carbocycles. The molecule has 0 saturated carbocycles. The van der Waals surface area contributed by atoms with Crippen molar-refractivity contribution in [3.05, 3.63) is 53.6 Å². The molecule has 0 bridgehead atoms. The van der Waals surface area contributed by atoms with E-state index < -0.39 is 10.0 Å². The van der Waals surface area contributed by atoms with Crippen molar-refractivity contribution in [3.63, 3.8) is 0 Å². The van der Waals surface area contributed by atoms with E-state index in [9.17, 15) is 13.2 Å². The predicted octanol–water partition coefficient (Wildman–Crippen LogP) is 3.47. The van der Waals surface area contributed by atoms with E-state index >= 15 is 0 Å². The molecular formula is C19H24N2O4S. The van der Waals surface area contributed by atoms with Crippen molar-refractivity contribution in [2.45, 2.75) is 27.2 Å². The molecule has 0 aromatic heterocycles. The van der Waals surface area contributed by atoms with Crippen LogP contribution in [0.3, 0.4) is 0 Å². The standard InChI is InChI=1S/C19H24N2O4S/c1-4-12-26(23,24)21-17-10-7-9-16(15(17)3)20-19(22)13-25-18-11-6-5-8-14(18)2/h5-11,21H,4,12-13H2,1-3H3,(H,20,22). The number of anilines is 2. The molecular weight excluding hydrogens is 352 g/mol. The quantitative estimate of drug-likeness (QED) is 0.739. The Bertz CT molecular complexity index is 879. The van der Waals surface area contributed by atoms with Crippen LogP contribution in [-0.4, -0.2) is 26.7 Å². The molecule has 2 aromatic carbocycles. The van der Waals surface area contributed by atoms with Crippen molar-refractivity contribution < 1.29 is 17.9 Å². The van der Waals surface area contributed by atoms with E-state index in [1.54, 1.807) is 38.1 Å². The Balaban J connectivity index is 2.04. The summed E-state index contributed by atoms with van der Waals surface area (Å²) in [4.78, 5) is 12.2. The number of nitrogens with one attached hydrogen (secondary N) is 2. The second-order valence-corrected chi connectivity index (χ2v) is 7.84. The Labute approximate surface area is 154 Å². The third-order valence-electron chi connectivity index (χ3n) is 3.80. The molecule has 1 amide bonds. The summed E-state index contributed by atoms with van der Waals surface area (Å²) in [5.41, 5.74) is 2.59. The van der Waals surface area contributed by atoms with Crippen molar-refractivity contribution in [2.75, 3.05) is 22.4 Å². The highest BCUT2D eigenvalue weighted by Crippen LogP contribution is 2.24. The molecule has 0 spiro atoms. The number of aryl methyl sites for hydroxylation is 1. The van der Waals surface area contributed by atoms with Crippen LogP contribution < -0.4 is 14.8 Å². The van der Waals surface area contributed by atoms with Gasteiger partial charge in [-0.25, -0.2) is 8.42 Å². The number of hydrogen-bond donors (Lipinski definition) is 2. The average molecular weight is 376 g/mol. The lowest BCUT2D eigenvalue weighted by Crippen LogP contribution is -2.21. The van der Waals surface area contributed by atoms with Crippen LogP contribution in [0.1, 0.15) is 24.5 Å². The number of rotatable bonds is 8. The van der Waals surface area contributed by atoms with Crippen molar-refractivity contribution >= 4 is 27.3 Å². The summed E-state index contributed by atoms with van der Waals surface area (Å²) < 4.78 is 32.0. The van der Waals surface area contributed by atoms with Crippen LogP contribution in [0, 0.1) is 13.8 Å². The minimum absolute atomic E-state index is 0.0489.